The zero-order chi connectivity index (χ0) is 18.4. The molecule has 2 aromatic rings. The molecule has 1 unspecified atom stereocenters. The van der Waals surface area contributed by atoms with Crippen molar-refractivity contribution in [2.45, 2.75) is 45.7 Å². The lowest BCUT2D eigenvalue weighted by atomic mass is 10.2. The third-order valence-corrected chi connectivity index (χ3v) is 6.00. The van der Waals surface area contributed by atoms with E-state index in [-0.39, 0.29) is 12.2 Å². The van der Waals surface area contributed by atoms with Gasteiger partial charge in [0.05, 0.1) is 12.2 Å². The van der Waals surface area contributed by atoms with E-state index in [0.717, 1.165) is 11.3 Å². The number of anilines is 1. The van der Waals surface area contributed by atoms with E-state index in [1.807, 2.05) is 70.2 Å². The Bertz CT molecular complexity index is 708. The summed E-state index contributed by atoms with van der Waals surface area (Å²) in [6.07, 6.45) is -0.478. The summed E-state index contributed by atoms with van der Waals surface area (Å²) in [4.78, 5) is 0. The molecule has 0 saturated carbocycles. The van der Waals surface area contributed by atoms with Gasteiger partial charge in [-0.1, -0.05) is 48.0 Å². The highest BCUT2D eigenvalue weighted by atomic mass is 35.5. The minimum absolute atomic E-state index is 0.239. The molecular formula is C19H25ClNO3P. The van der Waals surface area contributed by atoms with Crippen molar-refractivity contribution in [3.8, 4) is 0 Å². The molecule has 2 aromatic carbocycles. The van der Waals surface area contributed by atoms with Crippen molar-refractivity contribution in [1.82, 2.24) is 0 Å². The van der Waals surface area contributed by atoms with E-state index in [1.54, 1.807) is 12.1 Å². The Kier molecular flexibility index (Phi) is 7.09. The SMILES string of the molecule is CC(C)OP(=O)(OC(C)C)C(Nc1cccc(Cl)c1)c1ccccc1. The molecule has 0 aliphatic carbocycles. The van der Waals surface area contributed by atoms with Crippen molar-refractivity contribution in [2.24, 2.45) is 0 Å². The lowest BCUT2D eigenvalue weighted by molar-refractivity contribution is 0.138. The van der Waals surface area contributed by atoms with E-state index in [1.165, 1.54) is 0 Å². The first-order valence-electron chi connectivity index (χ1n) is 8.34. The van der Waals surface area contributed by atoms with Crippen LogP contribution < -0.4 is 5.32 Å². The molecule has 0 aromatic heterocycles. The lowest BCUT2D eigenvalue weighted by Gasteiger charge is -2.31. The van der Waals surface area contributed by atoms with Crippen LogP contribution in [0.25, 0.3) is 0 Å². The predicted octanol–water partition coefficient (Wildman–Crippen LogP) is 6.49. The van der Waals surface area contributed by atoms with Crippen LogP contribution in [-0.2, 0) is 13.6 Å². The van der Waals surface area contributed by atoms with E-state index in [9.17, 15) is 4.57 Å². The summed E-state index contributed by atoms with van der Waals surface area (Å²) in [6, 6.07) is 16.8. The fourth-order valence-electron chi connectivity index (χ4n) is 2.45. The molecule has 0 heterocycles. The maximum atomic E-state index is 13.7. The second-order valence-corrected chi connectivity index (χ2v) is 8.77. The number of hydrogen-bond acceptors (Lipinski definition) is 4. The zero-order valence-corrected chi connectivity index (χ0v) is 16.6. The Balaban J connectivity index is 2.46. The molecule has 0 fully saturated rings. The molecule has 0 bridgehead atoms. The molecule has 2 rings (SSSR count). The highest BCUT2D eigenvalue weighted by Crippen LogP contribution is 2.62. The summed E-state index contributed by atoms with van der Waals surface area (Å²) in [7, 11) is -3.50. The molecule has 136 valence electrons. The summed E-state index contributed by atoms with van der Waals surface area (Å²) in [5.74, 6) is -0.642. The second-order valence-electron chi connectivity index (χ2n) is 6.32. The lowest BCUT2D eigenvalue weighted by Crippen LogP contribution is -2.19. The maximum Gasteiger partial charge on any atom is 0.357 e. The Morgan fingerprint density at radius 2 is 1.52 bits per heavy atom. The second kappa shape index (κ2) is 8.86. The highest BCUT2D eigenvalue weighted by Gasteiger charge is 2.39. The first-order chi connectivity index (χ1) is 11.8. The van der Waals surface area contributed by atoms with Crippen molar-refractivity contribution >= 4 is 24.9 Å². The van der Waals surface area contributed by atoms with Crippen LogP contribution in [0.5, 0.6) is 0 Å². The van der Waals surface area contributed by atoms with Crippen LogP contribution in [-0.4, -0.2) is 12.2 Å². The van der Waals surface area contributed by atoms with E-state index >= 15 is 0 Å². The summed E-state index contributed by atoms with van der Waals surface area (Å²) < 4.78 is 25.3. The maximum absolute atomic E-state index is 13.7. The van der Waals surface area contributed by atoms with E-state index in [4.69, 9.17) is 20.6 Å². The average Bonchev–Trinajstić information content (AvgIpc) is 2.52. The normalized spacial score (nSPS) is 13.2. The summed E-state index contributed by atoms with van der Waals surface area (Å²) in [5.41, 5.74) is 1.58. The average molecular weight is 382 g/mol. The van der Waals surface area contributed by atoms with Crippen molar-refractivity contribution in [1.29, 1.82) is 0 Å². The van der Waals surface area contributed by atoms with Crippen LogP contribution in [0.2, 0.25) is 5.02 Å². The summed E-state index contributed by atoms with van der Waals surface area (Å²) >= 11 is 6.09. The highest BCUT2D eigenvalue weighted by molar-refractivity contribution is 7.54. The van der Waals surface area contributed by atoms with Crippen LogP contribution in [0.3, 0.4) is 0 Å². The number of hydrogen-bond donors (Lipinski definition) is 1. The molecule has 0 radical (unpaired) electrons. The van der Waals surface area contributed by atoms with E-state index in [0.29, 0.717) is 5.02 Å². The van der Waals surface area contributed by atoms with Crippen LogP contribution >= 0.6 is 19.2 Å². The van der Waals surface area contributed by atoms with Crippen LogP contribution in [0.4, 0.5) is 5.69 Å². The molecule has 0 aliphatic rings. The molecule has 6 heteroatoms. The van der Waals surface area contributed by atoms with Crippen LogP contribution in [0.1, 0.15) is 39.0 Å². The predicted molar refractivity (Wildman–Crippen MR) is 104 cm³/mol. The Morgan fingerprint density at radius 1 is 0.920 bits per heavy atom. The van der Waals surface area contributed by atoms with Gasteiger partial charge in [-0.15, -0.1) is 0 Å². The van der Waals surface area contributed by atoms with Gasteiger partial charge in [-0.3, -0.25) is 4.57 Å². The first-order valence-corrected chi connectivity index (χ1v) is 10.3. The quantitative estimate of drug-likeness (QED) is 0.530. The largest absolute Gasteiger partial charge is 0.368 e. The molecular weight excluding hydrogens is 357 g/mol. The van der Waals surface area contributed by atoms with Gasteiger partial charge in [0.1, 0.15) is 0 Å². The van der Waals surface area contributed by atoms with Crippen LogP contribution in [0.15, 0.2) is 54.6 Å². The number of rotatable bonds is 8. The van der Waals surface area contributed by atoms with Gasteiger partial charge in [0, 0.05) is 10.7 Å². The Labute approximate surface area is 155 Å². The summed E-state index contributed by atoms with van der Waals surface area (Å²) in [6.45, 7) is 7.38. The van der Waals surface area contributed by atoms with Crippen molar-refractivity contribution < 1.29 is 13.6 Å². The van der Waals surface area contributed by atoms with Crippen molar-refractivity contribution in [2.75, 3.05) is 5.32 Å². The van der Waals surface area contributed by atoms with E-state index < -0.39 is 13.4 Å². The van der Waals surface area contributed by atoms with Gasteiger partial charge in [-0.2, -0.15) is 0 Å². The van der Waals surface area contributed by atoms with Gasteiger partial charge in [0.15, 0.2) is 5.78 Å². The first kappa shape index (κ1) is 20.0. The third-order valence-electron chi connectivity index (χ3n) is 3.28. The minimum Gasteiger partial charge on any atom is -0.368 e. The molecule has 0 spiro atoms. The molecule has 25 heavy (non-hydrogen) atoms. The monoisotopic (exact) mass is 381 g/mol. The molecule has 4 nitrogen and oxygen atoms in total. The Hall–Kier alpha value is -1.32. The number of halogens is 1. The van der Waals surface area contributed by atoms with Gasteiger partial charge in [0.25, 0.3) is 0 Å². The fraction of sp³-hybridized carbons (Fsp3) is 0.368. The van der Waals surface area contributed by atoms with Gasteiger partial charge < -0.3 is 14.4 Å². The van der Waals surface area contributed by atoms with Crippen molar-refractivity contribution in [3.05, 3.63) is 65.2 Å². The van der Waals surface area contributed by atoms with Gasteiger partial charge in [-0.25, -0.2) is 0 Å². The number of nitrogens with one attached hydrogen (secondary N) is 1. The third kappa shape index (κ3) is 5.86. The zero-order valence-electron chi connectivity index (χ0n) is 15.0. The summed E-state index contributed by atoms with van der Waals surface area (Å²) in [5, 5.41) is 3.89. The Morgan fingerprint density at radius 3 is 2.04 bits per heavy atom. The number of benzene rings is 2. The molecule has 1 atom stereocenters. The standard InChI is InChI=1S/C19H25ClNO3P/c1-14(2)23-25(22,24-15(3)4)19(16-9-6-5-7-10-16)21-18-12-8-11-17(20)13-18/h5-15,19,21H,1-4H3. The van der Waals surface area contributed by atoms with Gasteiger partial charge >= 0.3 is 7.60 Å². The molecule has 0 aliphatic heterocycles. The van der Waals surface area contributed by atoms with E-state index in [2.05, 4.69) is 5.32 Å². The van der Waals surface area contributed by atoms with Crippen molar-refractivity contribution in [3.63, 3.8) is 0 Å². The van der Waals surface area contributed by atoms with Crippen LogP contribution in [0, 0.1) is 0 Å². The molecule has 0 saturated heterocycles. The van der Waals surface area contributed by atoms with Gasteiger partial charge in [0.2, 0.25) is 0 Å². The molecule has 1 N–H and O–H groups in total. The molecule has 0 amide bonds. The minimum atomic E-state index is -3.50. The fourth-order valence-corrected chi connectivity index (χ4v) is 4.95. The van der Waals surface area contributed by atoms with Gasteiger partial charge in [-0.05, 0) is 51.5 Å². The topological polar surface area (TPSA) is 47.6 Å². The smallest absolute Gasteiger partial charge is 0.357 e.